The molecule has 0 radical (unpaired) electrons. The molecule has 0 amide bonds. The first kappa shape index (κ1) is 9.15. The highest BCUT2D eigenvalue weighted by atomic mass is 79.9. The molecule has 0 unspecified atom stereocenters. The highest BCUT2D eigenvalue weighted by Crippen LogP contribution is 2.16. The number of aromatic nitrogens is 2. The van der Waals surface area contributed by atoms with Gasteiger partial charge in [-0.25, -0.2) is 4.98 Å². The van der Waals surface area contributed by atoms with Gasteiger partial charge in [-0.2, -0.15) is 0 Å². The van der Waals surface area contributed by atoms with Crippen LogP contribution in [0.4, 0.5) is 0 Å². The fraction of sp³-hybridized carbons (Fsp3) is 0. The van der Waals surface area contributed by atoms with Crippen molar-refractivity contribution in [3.63, 3.8) is 0 Å². The number of carbonyl (C=O) groups is 1. The molecular weight excluding hydrogens is 244 g/mol. The molecule has 0 atom stereocenters. The predicted octanol–water partition coefficient (Wildman–Crippen LogP) is 2.45. The number of aldehydes is 1. The molecule has 0 spiro atoms. The fourth-order valence-corrected chi connectivity index (χ4v) is 1.62. The predicted molar refractivity (Wildman–Crippen MR) is 56.7 cm³/mol. The van der Waals surface area contributed by atoms with Crippen LogP contribution in [-0.2, 0) is 0 Å². The second-order valence-electron chi connectivity index (χ2n) is 2.79. The Bertz CT molecular complexity index is 465. The summed E-state index contributed by atoms with van der Waals surface area (Å²) in [5.41, 5.74) is 1.46. The number of hydrogen-bond acceptors (Lipinski definition) is 2. The highest BCUT2D eigenvalue weighted by Gasteiger charge is 2.02. The zero-order chi connectivity index (χ0) is 9.97. The molecule has 70 valence electrons. The minimum Gasteiger partial charge on any atom is -0.296 e. The van der Waals surface area contributed by atoms with E-state index in [1.54, 1.807) is 10.9 Å². The van der Waals surface area contributed by atoms with Gasteiger partial charge in [0, 0.05) is 10.2 Å². The van der Waals surface area contributed by atoms with Gasteiger partial charge < -0.3 is 0 Å². The third-order valence-electron chi connectivity index (χ3n) is 1.87. The molecule has 1 heterocycles. The molecule has 0 aliphatic heterocycles. The first-order valence-corrected chi connectivity index (χ1v) is 4.84. The molecule has 14 heavy (non-hydrogen) atoms. The molecule has 0 aliphatic rings. The number of carbonyl (C=O) groups excluding carboxylic acids is 1. The molecule has 0 bridgehead atoms. The average molecular weight is 251 g/mol. The molecule has 0 N–H and O–H groups in total. The van der Waals surface area contributed by atoms with Crippen LogP contribution < -0.4 is 0 Å². The second kappa shape index (κ2) is 3.75. The van der Waals surface area contributed by atoms with Gasteiger partial charge in [-0.1, -0.05) is 22.0 Å². The minimum absolute atomic E-state index is 0.545. The van der Waals surface area contributed by atoms with Crippen molar-refractivity contribution in [3.05, 3.63) is 47.0 Å². The first-order chi connectivity index (χ1) is 6.81. The van der Waals surface area contributed by atoms with Crippen LogP contribution in [0.15, 0.2) is 41.3 Å². The van der Waals surface area contributed by atoms with Crippen molar-refractivity contribution in [1.82, 2.24) is 9.55 Å². The van der Waals surface area contributed by atoms with Crippen LogP contribution in [0.2, 0.25) is 0 Å². The van der Waals surface area contributed by atoms with Gasteiger partial charge in [-0.15, -0.1) is 0 Å². The number of halogens is 1. The number of benzene rings is 1. The molecule has 0 aliphatic carbocycles. The molecule has 4 heteroatoms. The van der Waals surface area contributed by atoms with E-state index in [0.29, 0.717) is 5.69 Å². The lowest BCUT2D eigenvalue weighted by Crippen LogP contribution is -1.96. The molecule has 0 fully saturated rings. The van der Waals surface area contributed by atoms with Crippen LogP contribution in [0.3, 0.4) is 0 Å². The van der Waals surface area contributed by atoms with Gasteiger partial charge in [0.25, 0.3) is 0 Å². The van der Waals surface area contributed by atoms with Crippen molar-refractivity contribution in [2.45, 2.75) is 0 Å². The lowest BCUT2D eigenvalue weighted by molar-refractivity contribution is 0.111. The molecule has 3 nitrogen and oxygen atoms in total. The zero-order valence-electron chi connectivity index (χ0n) is 7.22. The molecular formula is C10H7BrN2O. The van der Waals surface area contributed by atoms with Crippen LogP contribution in [0.25, 0.3) is 5.69 Å². The van der Waals surface area contributed by atoms with E-state index < -0.39 is 0 Å². The molecule has 2 rings (SSSR count). The van der Waals surface area contributed by atoms with Gasteiger partial charge in [0.05, 0.1) is 12.5 Å². The maximum Gasteiger partial charge on any atom is 0.168 e. The standard InChI is InChI=1S/C10H7BrN2O/c11-8-2-1-3-9(4-8)13-7-12-5-10(13)6-14/h1-7H. The van der Waals surface area contributed by atoms with Crippen LogP contribution in [0, 0.1) is 0 Å². The van der Waals surface area contributed by atoms with Gasteiger partial charge in [-0.3, -0.25) is 9.36 Å². The van der Waals surface area contributed by atoms with Crippen molar-refractivity contribution >= 4 is 22.2 Å². The number of imidazole rings is 1. The summed E-state index contributed by atoms with van der Waals surface area (Å²) < 4.78 is 2.71. The summed E-state index contributed by atoms with van der Waals surface area (Å²) in [5.74, 6) is 0. The van der Waals surface area contributed by atoms with Gasteiger partial charge in [0.2, 0.25) is 0 Å². The first-order valence-electron chi connectivity index (χ1n) is 4.05. The topological polar surface area (TPSA) is 34.9 Å². The normalized spacial score (nSPS) is 10.1. The lowest BCUT2D eigenvalue weighted by atomic mass is 10.3. The minimum atomic E-state index is 0.545. The Balaban J connectivity index is 2.54. The average Bonchev–Trinajstić information content (AvgIpc) is 2.65. The summed E-state index contributed by atoms with van der Waals surface area (Å²) in [5, 5.41) is 0. The van der Waals surface area contributed by atoms with E-state index in [-0.39, 0.29) is 0 Å². The summed E-state index contributed by atoms with van der Waals surface area (Å²) in [6, 6.07) is 7.68. The number of rotatable bonds is 2. The maximum atomic E-state index is 10.7. The van der Waals surface area contributed by atoms with Gasteiger partial charge >= 0.3 is 0 Å². The van der Waals surface area contributed by atoms with Gasteiger partial charge in [0.1, 0.15) is 5.69 Å². The third-order valence-corrected chi connectivity index (χ3v) is 2.37. The Morgan fingerprint density at radius 3 is 3.00 bits per heavy atom. The Hall–Kier alpha value is -1.42. The van der Waals surface area contributed by atoms with Crippen LogP contribution in [0.1, 0.15) is 10.5 Å². The summed E-state index contributed by atoms with van der Waals surface area (Å²) in [6.45, 7) is 0. The Labute approximate surface area is 89.5 Å². The van der Waals surface area contributed by atoms with Crippen molar-refractivity contribution in [2.24, 2.45) is 0 Å². The summed E-state index contributed by atoms with van der Waals surface area (Å²) in [4.78, 5) is 14.6. The SMILES string of the molecule is O=Cc1cncn1-c1cccc(Br)c1. The molecule has 0 saturated heterocycles. The van der Waals surface area contributed by atoms with Gasteiger partial charge in [-0.05, 0) is 18.2 Å². The Morgan fingerprint density at radius 2 is 2.29 bits per heavy atom. The summed E-state index contributed by atoms with van der Waals surface area (Å²) in [7, 11) is 0. The molecule has 1 aromatic carbocycles. The lowest BCUT2D eigenvalue weighted by Gasteiger charge is -2.03. The van der Waals surface area contributed by atoms with E-state index >= 15 is 0 Å². The quantitative estimate of drug-likeness (QED) is 0.768. The molecule has 1 aromatic heterocycles. The van der Waals surface area contributed by atoms with Crippen molar-refractivity contribution in [1.29, 1.82) is 0 Å². The Morgan fingerprint density at radius 1 is 1.43 bits per heavy atom. The zero-order valence-corrected chi connectivity index (χ0v) is 8.81. The monoisotopic (exact) mass is 250 g/mol. The molecule has 0 saturated carbocycles. The number of hydrogen-bond donors (Lipinski definition) is 0. The van der Waals surface area contributed by atoms with Crippen molar-refractivity contribution < 1.29 is 4.79 Å². The van der Waals surface area contributed by atoms with Crippen molar-refractivity contribution in [2.75, 3.05) is 0 Å². The third kappa shape index (κ3) is 1.61. The highest BCUT2D eigenvalue weighted by molar-refractivity contribution is 9.10. The van der Waals surface area contributed by atoms with Crippen LogP contribution in [0.5, 0.6) is 0 Å². The van der Waals surface area contributed by atoms with E-state index in [0.717, 1.165) is 16.4 Å². The van der Waals surface area contributed by atoms with Crippen LogP contribution >= 0.6 is 15.9 Å². The van der Waals surface area contributed by atoms with E-state index in [1.807, 2.05) is 24.3 Å². The summed E-state index contributed by atoms with van der Waals surface area (Å²) >= 11 is 3.37. The van der Waals surface area contributed by atoms with Gasteiger partial charge in [0.15, 0.2) is 6.29 Å². The summed E-state index contributed by atoms with van der Waals surface area (Å²) in [6.07, 6.45) is 3.94. The number of nitrogens with zero attached hydrogens (tertiary/aromatic N) is 2. The maximum absolute atomic E-state index is 10.7. The molecule has 2 aromatic rings. The van der Waals surface area contributed by atoms with E-state index in [2.05, 4.69) is 20.9 Å². The largest absolute Gasteiger partial charge is 0.296 e. The van der Waals surface area contributed by atoms with E-state index in [4.69, 9.17) is 0 Å². The van der Waals surface area contributed by atoms with Crippen molar-refractivity contribution in [3.8, 4) is 5.69 Å². The fourth-order valence-electron chi connectivity index (χ4n) is 1.23. The van der Waals surface area contributed by atoms with E-state index in [9.17, 15) is 4.79 Å². The Kier molecular flexibility index (Phi) is 2.45. The van der Waals surface area contributed by atoms with E-state index in [1.165, 1.54) is 6.20 Å². The second-order valence-corrected chi connectivity index (χ2v) is 3.70. The van der Waals surface area contributed by atoms with Crippen LogP contribution in [-0.4, -0.2) is 15.8 Å². The smallest absolute Gasteiger partial charge is 0.168 e.